The first-order valence-corrected chi connectivity index (χ1v) is 8.10. The first-order chi connectivity index (χ1) is 9.85. The zero-order valence-electron chi connectivity index (χ0n) is 12.9. The average Bonchev–Trinajstić information content (AvgIpc) is 2.82. The van der Waals surface area contributed by atoms with E-state index < -0.39 is 0 Å². The second-order valence-corrected chi connectivity index (χ2v) is 7.27. The summed E-state index contributed by atoms with van der Waals surface area (Å²) in [4.78, 5) is 11.9. The largest absolute Gasteiger partial charge is 0.493 e. The van der Waals surface area contributed by atoms with E-state index in [1.165, 1.54) is 5.56 Å². The van der Waals surface area contributed by atoms with Gasteiger partial charge in [0, 0.05) is 41.5 Å². The van der Waals surface area contributed by atoms with Crippen LogP contribution in [0.2, 0.25) is 0 Å². The summed E-state index contributed by atoms with van der Waals surface area (Å²) in [6.07, 6.45) is 1.42. The van der Waals surface area contributed by atoms with Gasteiger partial charge in [-0.2, -0.15) is 0 Å². The summed E-state index contributed by atoms with van der Waals surface area (Å²) in [5.74, 6) is 0.991. The van der Waals surface area contributed by atoms with E-state index in [1.54, 1.807) is 0 Å². The van der Waals surface area contributed by atoms with E-state index in [4.69, 9.17) is 4.74 Å². The normalized spacial score (nSPS) is 13.7. The first-order valence-electron chi connectivity index (χ1n) is 7.31. The van der Waals surface area contributed by atoms with Crippen LogP contribution in [0, 0.1) is 0 Å². The number of rotatable bonds is 5. The van der Waals surface area contributed by atoms with Gasteiger partial charge < -0.3 is 15.4 Å². The highest BCUT2D eigenvalue weighted by atomic mass is 79.9. The Bertz CT molecular complexity index is 524. The van der Waals surface area contributed by atoms with E-state index in [1.807, 2.05) is 6.07 Å². The number of ether oxygens (including phenoxy) is 1. The minimum Gasteiger partial charge on any atom is -0.493 e. The van der Waals surface area contributed by atoms with E-state index >= 15 is 0 Å². The fourth-order valence-electron chi connectivity index (χ4n) is 2.31. The van der Waals surface area contributed by atoms with Gasteiger partial charge in [-0.3, -0.25) is 4.79 Å². The Labute approximate surface area is 134 Å². The number of amides is 1. The van der Waals surface area contributed by atoms with Crippen LogP contribution in [0.5, 0.6) is 5.75 Å². The molecule has 1 aromatic rings. The third-order valence-electron chi connectivity index (χ3n) is 3.31. The van der Waals surface area contributed by atoms with Gasteiger partial charge in [0.25, 0.3) is 0 Å². The van der Waals surface area contributed by atoms with E-state index in [2.05, 4.69) is 53.4 Å². The highest BCUT2D eigenvalue weighted by Gasteiger charge is 2.17. The van der Waals surface area contributed by atoms with Gasteiger partial charge in [-0.15, -0.1) is 0 Å². The summed E-state index contributed by atoms with van der Waals surface area (Å²) in [5, 5.41) is 6.27. The maximum atomic E-state index is 11.9. The summed E-state index contributed by atoms with van der Waals surface area (Å²) in [6.45, 7) is 8.19. The zero-order chi connectivity index (χ0) is 15.5. The molecule has 0 unspecified atom stereocenters. The number of fused-ring (bicyclic) bond motifs is 1. The maximum Gasteiger partial charge on any atom is 0.221 e. The number of carbonyl (C=O) groups is 1. The summed E-state index contributed by atoms with van der Waals surface area (Å²) >= 11 is 3.51. The van der Waals surface area contributed by atoms with Crippen molar-refractivity contribution in [3.63, 3.8) is 0 Å². The molecule has 1 aliphatic heterocycles. The second kappa shape index (κ2) is 6.79. The van der Waals surface area contributed by atoms with Gasteiger partial charge in [-0.1, -0.05) is 15.9 Å². The zero-order valence-corrected chi connectivity index (χ0v) is 14.5. The third-order valence-corrected chi connectivity index (χ3v) is 3.77. The SMILES string of the molecule is CC(C)(C)NCCC(=O)NCc1cc(Br)cc2c1OCC2. The predicted octanol–water partition coefficient (Wildman–Crippen LogP) is 2.78. The maximum absolute atomic E-state index is 11.9. The van der Waals surface area contributed by atoms with E-state index in [0.29, 0.717) is 19.5 Å². The van der Waals surface area contributed by atoms with Crippen molar-refractivity contribution in [2.24, 2.45) is 0 Å². The Morgan fingerprint density at radius 3 is 2.86 bits per heavy atom. The Morgan fingerprint density at radius 2 is 2.14 bits per heavy atom. The summed E-state index contributed by atoms with van der Waals surface area (Å²) in [7, 11) is 0. The number of halogens is 1. The standard InChI is InChI=1S/C16H23BrN2O2/c1-16(2,3)19-6-4-14(20)18-10-12-9-13(17)8-11-5-7-21-15(11)12/h8-9,19H,4-7,10H2,1-3H3,(H,18,20). The lowest BCUT2D eigenvalue weighted by molar-refractivity contribution is -0.121. The van der Waals surface area contributed by atoms with E-state index in [-0.39, 0.29) is 11.4 Å². The van der Waals surface area contributed by atoms with Crippen LogP contribution in [0.15, 0.2) is 16.6 Å². The summed E-state index contributed by atoms with van der Waals surface area (Å²) in [6, 6.07) is 4.10. The predicted molar refractivity (Wildman–Crippen MR) is 87.6 cm³/mol. The van der Waals surface area contributed by atoms with Crippen molar-refractivity contribution >= 4 is 21.8 Å². The minimum absolute atomic E-state index is 0.0409. The fourth-order valence-corrected chi connectivity index (χ4v) is 2.86. The lowest BCUT2D eigenvalue weighted by Gasteiger charge is -2.20. The number of hydrogen-bond acceptors (Lipinski definition) is 3. The molecule has 2 rings (SSSR count). The fraction of sp³-hybridized carbons (Fsp3) is 0.562. The first kappa shape index (κ1) is 16.3. The van der Waals surface area contributed by atoms with Crippen molar-refractivity contribution < 1.29 is 9.53 Å². The van der Waals surface area contributed by atoms with Crippen LogP contribution >= 0.6 is 15.9 Å². The molecule has 0 aromatic heterocycles. The van der Waals surface area contributed by atoms with Crippen LogP contribution in [0.4, 0.5) is 0 Å². The molecule has 0 bridgehead atoms. The van der Waals surface area contributed by atoms with Gasteiger partial charge in [0.15, 0.2) is 0 Å². The molecule has 0 saturated carbocycles. The van der Waals surface area contributed by atoms with Crippen LogP contribution in [-0.2, 0) is 17.8 Å². The molecule has 4 nitrogen and oxygen atoms in total. The quantitative estimate of drug-likeness (QED) is 0.854. The molecule has 5 heteroatoms. The smallest absolute Gasteiger partial charge is 0.221 e. The molecule has 0 radical (unpaired) electrons. The molecular formula is C16H23BrN2O2. The van der Waals surface area contributed by atoms with Crippen LogP contribution < -0.4 is 15.4 Å². The average molecular weight is 355 g/mol. The lowest BCUT2D eigenvalue weighted by Crippen LogP contribution is -2.38. The molecule has 2 N–H and O–H groups in total. The van der Waals surface area contributed by atoms with Crippen molar-refractivity contribution in [2.45, 2.75) is 45.7 Å². The Kier molecular flexibility index (Phi) is 5.27. The number of carbonyl (C=O) groups excluding carboxylic acids is 1. The Morgan fingerprint density at radius 1 is 1.38 bits per heavy atom. The highest BCUT2D eigenvalue weighted by Crippen LogP contribution is 2.32. The van der Waals surface area contributed by atoms with Crippen LogP contribution in [0.25, 0.3) is 0 Å². The number of nitrogens with one attached hydrogen (secondary N) is 2. The van der Waals surface area contributed by atoms with Gasteiger partial charge in [0.05, 0.1) is 6.61 Å². The number of hydrogen-bond donors (Lipinski definition) is 2. The molecule has 0 aliphatic carbocycles. The molecule has 1 amide bonds. The molecule has 0 atom stereocenters. The van der Waals surface area contributed by atoms with Gasteiger partial charge >= 0.3 is 0 Å². The van der Waals surface area contributed by atoms with E-state index in [9.17, 15) is 4.79 Å². The van der Waals surface area contributed by atoms with Crippen LogP contribution in [0.1, 0.15) is 38.3 Å². The van der Waals surface area contributed by atoms with Gasteiger partial charge in [0.2, 0.25) is 5.91 Å². The van der Waals surface area contributed by atoms with Crippen LogP contribution in [-0.4, -0.2) is 24.6 Å². The minimum atomic E-state index is 0.0409. The summed E-state index contributed by atoms with van der Waals surface area (Å²) < 4.78 is 6.69. The van der Waals surface area contributed by atoms with Gasteiger partial charge in [0.1, 0.15) is 5.75 Å². The van der Waals surface area contributed by atoms with Crippen LogP contribution in [0.3, 0.4) is 0 Å². The molecule has 1 aliphatic rings. The lowest BCUT2D eigenvalue weighted by atomic mass is 10.1. The molecule has 1 aromatic carbocycles. The van der Waals surface area contributed by atoms with E-state index in [0.717, 1.165) is 28.8 Å². The third kappa shape index (κ3) is 5.00. The summed E-state index contributed by atoms with van der Waals surface area (Å²) in [5.41, 5.74) is 2.29. The topological polar surface area (TPSA) is 50.4 Å². The van der Waals surface area contributed by atoms with Gasteiger partial charge in [-0.25, -0.2) is 0 Å². The molecule has 0 fully saturated rings. The number of benzene rings is 1. The van der Waals surface area contributed by atoms with Crippen molar-refractivity contribution in [2.75, 3.05) is 13.2 Å². The Balaban J connectivity index is 1.85. The molecule has 0 spiro atoms. The van der Waals surface area contributed by atoms with Crippen molar-refractivity contribution in [1.82, 2.24) is 10.6 Å². The molecular weight excluding hydrogens is 332 g/mol. The molecule has 1 heterocycles. The Hall–Kier alpha value is -1.07. The molecule has 116 valence electrons. The van der Waals surface area contributed by atoms with Crippen molar-refractivity contribution in [1.29, 1.82) is 0 Å². The van der Waals surface area contributed by atoms with Crippen molar-refractivity contribution in [3.05, 3.63) is 27.7 Å². The molecule has 0 saturated heterocycles. The second-order valence-electron chi connectivity index (χ2n) is 6.36. The van der Waals surface area contributed by atoms with Gasteiger partial charge in [-0.05, 0) is 38.5 Å². The molecule has 21 heavy (non-hydrogen) atoms. The van der Waals surface area contributed by atoms with Crippen molar-refractivity contribution in [3.8, 4) is 5.75 Å². The highest BCUT2D eigenvalue weighted by molar-refractivity contribution is 9.10. The monoisotopic (exact) mass is 354 g/mol.